The molecule has 0 aromatic heterocycles. The number of phosphoric ester groups is 1. The second-order valence-electron chi connectivity index (χ2n) is 16.4. The van der Waals surface area contributed by atoms with Crippen LogP contribution in [0.2, 0.25) is 0 Å². The number of carbonyl (C=O) groups is 2. The Kier molecular flexibility index (Phi) is 40.1. The summed E-state index contributed by atoms with van der Waals surface area (Å²) in [6, 6.07) is 0. The largest absolute Gasteiger partial charge is 0.756 e. The molecule has 0 aromatic rings. The first-order valence-electron chi connectivity index (χ1n) is 23.4. The Morgan fingerprint density at radius 1 is 0.525 bits per heavy atom. The molecule has 2 unspecified atom stereocenters. The number of nitrogens with zero attached hydrogens (tertiary/aromatic N) is 1. The fraction of sp³-hybridized carbons (Fsp3) is 0.647. The van der Waals surface area contributed by atoms with Gasteiger partial charge in [0.25, 0.3) is 7.82 Å². The van der Waals surface area contributed by atoms with E-state index in [9.17, 15) is 19.0 Å². The fourth-order valence-corrected chi connectivity index (χ4v) is 6.40. The van der Waals surface area contributed by atoms with Crippen molar-refractivity contribution in [1.82, 2.24) is 0 Å². The summed E-state index contributed by atoms with van der Waals surface area (Å²) in [6.07, 6.45) is 55.7. The van der Waals surface area contributed by atoms with Crippen LogP contribution in [0.3, 0.4) is 0 Å². The van der Waals surface area contributed by atoms with Gasteiger partial charge in [-0.05, 0) is 89.9 Å². The van der Waals surface area contributed by atoms with Crippen LogP contribution in [-0.4, -0.2) is 70.0 Å². The van der Waals surface area contributed by atoms with E-state index in [0.29, 0.717) is 23.9 Å². The van der Waals surface area contributed by atoms with Crippen molar-refractivity contribution in [1.29, 1.82) is 0 Å². The Labute approximate surface area is 373 Å². The van der Waals surface area contributed by atoms with Crippen LogP contribution in [0.5, 0.6) is 0 Å². The van der Waals surface area contributed by atoms with E-state index >= 15 is 0 Å². The highest BCUT2D eigenvalue weighted by Crippen LogP contribution is 2.38. The lowest BCUT2D eigenvalue weighted by Crippen LogP contribution is -2.37. The molecule has 61 heavy (non-hydrogen) atoms. The Hall–Kier alpha value is -3.07. The second-order valence-corrected chi connectivity index (χ2v) is 17.8. The van der Waals surface area contributed by atoms with Crippen LogP contribution in [0.1, 0.15) is 162 Å². The number of unbranched alkanes of at least 4 members (excludes halogenated alkanes) is 11. The summed E-state index contributed by atoms with van der Waals surface area (Å²) in [4.78, 5) is 37.6. The topological polar surface area (TPSA) is 111 Å². The number of esters is 2. The Bertz CT molecular complexity index is 1350. The van der Waals surface area contributed by atoms with E-state index in [1.165, 1.54) is 12.8 Å². The zero-order chi connectivity index (χ0) is 45.0. The monoisotopic (exact) mass is 872 g/mol. The van der Waals surface area contributed by atoms with E-state index in [1.807, 2.05) is 21.1 Å². The molecule has 0 amide bonds. The molecule has 0 heterocycles. The number of rotatable bonds is 41. The molecular formula is C51H86NO8P. The molecule has 0 saturated carbocycles. The van der Waals surface area contributed by atoms with E-state index in [2.05, 4.69) is 111 Å². The average molecular weight is 872 g/mol. The third-order valence-electron chi connectivity index (χ3n) is 9.34. The first-order valence-corrected chi connectivity index (χ1v) is 24.9. The minimum Gasteiger partial charge on any atom is -0.756 e. The molecule has 0 bridgehead atoms. The zero-order valence-electron chi connectivity index (χ0n) is 39.1. The highest BCUT2D eigenvalue weighted by atomic mass is 31.2. The van der Waals surface area contributed by atoms with E-state index in [4.69, 9.17) is 18.5 Å². The van der Waals surface area contributed by atoms with Gasteiger partial charge < -0.3 is 27.9 Å². The molecule has 0 aliphatic rings. The van der Waals surface area contributed by atoms with Gasteiger partial charge in [-0.25, -0.2) is 0 Å². The van der Waals surface area contributed by atoms with Gasteiger partial charge in [-0.2, -0.15) is 0 Å². The average Bonchev–Trinajstić information content (AvgIpc) is 3.21. The van der Waals surface area contributed by atoms with Gasteiger partial charge in [-0.15, -0.1) is 0 Å². The second kappa shape index (κ2) is 42.2. The SMILES string of the molecule is CC/C=C\C/C=C\C/C=C\C/C=C\C/C=C\C/C=C\CCCCCCC(=O)OC(COC(=O)CCCCCCC/C=C\C/C=C\CCCC)COP(=O)([O-])OCC[N+](C)(C)C. The quantitative estimate of drug-likeness (QED) is 0.0196. The third-order valence-corrected chi connectivity index (χ3v) is 10.3. The molecule has 0 radical (unpaired) electrons. The number of quaternary nitrogens is 1. The minimum absolute atomic E-state index is 0.0443. The summed E-state index contributed by atoms with van der Waals surface area (Å²) in [5, 5.41) is 0. The molecular weight excluding hydrogens is 786 g/mol. The lowest BCUT2D eigenvalue weighted by Gasteiger charge is -2.28. The highest BCUT2D eigenvalue weighted by molar-refractivity contribution is 7.45. The van der Waals surface area contributed by atoms with Crippen LogP contribution in [0.4, 0.5) is 0 Å². The van der Waals surface area contributed by atoms with Gasteiger partial charge in [-0.3, -0.25) is 14.2 Å². The van der Waals surface area contributed by atoms with E-state index < -0.39 is 32.5 Å². The number of allylic oxidation sites excluding steroid dienone is 16. The summed E-state index contributed by atoms with van der Waals surface area (Å²) < 4.78 is 33.9. The van der Waals surface area contributed by atoms with Gasteiger partial charge in [0.2, 0.25) is 0 Å². The molecule has 0 spiro atoms. The Balaban J connectivity index is 4.41. The third kappa shape index (κ3) is 46.3. The van der Waals surface area contributed by atoms with E-state index in [1.54, 1.807) is 0 Å². The van der Waals surface area contributed by atoms with E-state index in [0.717, 1.165) is 109 Å². The van der Waals surface area contributed by atoms with Crippen LogP contribution < -0.4 is 4.89 Å². The summed E-state index contributed by atoms with van der Waals surface area (Å²) in [5.74, 6) is -0.890. The molecule has 9 nitrogen and oxygen atoms in total. The van der Waals surface area contributed by atoms with Gasteiger partial charge >= 0.3 is 11.9 Å². The maximum absolute atomic E-state index is 12.7. The minimum atomic E-state index is -4.64. The Morgan fingerprint density at radius 2 is 0.934 bits per heavy atom. The van der Waals surface area contributed by atoms with E-state index in [-0.39, 0.29) is 26.1 Å². The molecule has 0 N–H and O–H groups in total. The number of phosphoric acid groups is 1. The van der Waals surface area contributed by atoms with Crippen LogP contribution in [-0.2, 0) is 32.7 Å². The van der Waals surface area contributed by atoms with Crippen molar-refractivity contribution in [3.8, 4) is 0 Å². The zero-order valence-corrected chi connectivity index (χ0v) is 40.0. The summed E-state index contributed by atoms with van der Waals surface area (Å²) in [6.45, 7) is 4.00. The predicted molar refractivity (Wildman–Crippen MR) is 254 cm³/mol. The number of carbonyl (C=O) groups excluding carboxylic acids is 2. The standard InChI is InChI=1S/C51H86NO8P/c1-6-8-10-12-14-16-18-20-22-23-24-25-26-27-28-29-30-32-34-36-38-40-42-44-51(54)60-49(48-59-61(55,56)58-46-45-52(3,4)5)47-57-50(53)43-41-39-37-35-33-31-21-19-17-15-13-11-9-7-2/h8,10,13-16,19-22,24-25,27-28,30,32,49H,6-7,9,11-12,17-18,23,26,29,31,33-48H2,1-5H3/b10-8-,15-13-,16-14-,21-19-,22-20-,25-24-,28-27-,32-30-. The lowest BCUT2D eigenvalue weighted by molar-refractivity contribution is -0.870. The molecule has 348 valence electrons. The molecule has 0 saturated heterocycles. The summed E-state index contributed by atoms with van der Waals surface area (Å²) in [5.41, 5.74) is 0. The molecule has 2 atom stereocenters. The summed E-state index contributed by atoms with van der Waals surface area (Å²) >= 11 is 0. The first-order chi connectivity index (χ1) is 29.5. The predicted octanol–water partition coefficient (Wildman–Crippen LogP) is 13.1. The van der Waals surface area contributed by atoms with Crippen molar-refractivity contribution < 1.29 is 42.1 Å². The number of hydrogen-bond acceptors (Lipinski definition) is 8. The number of ether oxygens (including phenoxy) is 2. The molecule has 0 fully saturated rings. The van der Waals surface area contributed by atoms with Crippen molar-refractivity contribution in [3.05, 3.63) is 97.2 Å². The lowest BCUT2D eigenvalue weighted by atomic mass is 10.1. The maximum atomic E-state index is 12.7. The van der Waals surface area contributed by atoms with Crippen LogP contribution in [0, 0.1) is 0 Å². The van der Waals surface area contributed by atoms with Gasteiger partial charge in [0.05, 0.1) is 27.7 Å². The smallest absolute Gasteiger partial charge is 0.306 e. The van der Waals surface area contributed by atoms with Crippen molar-refractivity contribution in [2.45, 2.75) is 168 Å². The van der Waals surface area contributed by atoms with Crippen molar-refractivity contribution in [2.24, 2.45) is 0 Å². The number of hydrogen-bond donors (Lipinski definition) is 0. The molecule has 0 rings (SSSR count). The normalized spacial score (nSPS) is 14.4. The van der Waals surface area contributed by atoms with Gasteiger partial charge in [0.15, 0.2) is 6.10 Å². The molecule has 0 aliphatic heterocycles. The van der Waals surface area contributed by atoms with Crippen LogP contribution in [0.25, 0.3) is 0 Å². The fourth-order valence-electron chi connectivity index (χ4n) is 5.67. The van der Waals surface area contributed by atoms with Gasteiger partial charge in [0, 0.05) is 12.8 Å². The molecule has 10 heteroatoms. The van der Waals surface area contributed by atoms with Crippen molar-refractivity contribution in [2.75, 3.05) is 47.5 Å². The van der Waals surface area contributed by atoms with Crippen LogP contribution in [0.15, 0.2) is 97.2 Å². The van der Waals surface area contributed by atoms with Gasteiger partial charge in [-0.1, -0.05) is 156 Å². The first kappa shape index (κ1) is 57.9. The Morgan fingerprint density at radius 3 is 1.39 bits per heavy atom. The summed E-state index contributed by atoms with van der Waals surface area (Å²) in [7, 11) is 1.12. The molecule has 0 aromatic carbocycles. The number of likely N-dealkylation sites (N-methyl/N-ethyl adjacent to an activating group) is 1. The molecule has 0 aliphatic carbocycles. The highest BCUT2D eigenvalue weighted by Gasteiger charge is 2.21. The van der Waals surface area contributed by atoms with Crippen LogP contribution >= 0.6 is 7.82 Å². The van der Waals surface area contributed by atoms with Crippen molar-refractivity contribution in [3.63, 3.8) is 0 Å². The van der Waals surface area contributed by atoms with Crippen molar-refractivity contribution >= 4 is 19.8 Å². The maximum Gasteiger partial charge on any atom is 0.306 e. The van der Waals surface area contributed by atoms with Gasteiger partial charge in [0.1, 0.15) is 19.8 Å².